The first-order valence-corrected chi connectivity index (χ1v) is 9.20. The lowest BCUT2D eigenvalue weighted by atomic mass is 10.1. The lowest BCUT2D eigenvalue weighted by molar-refractivity contribution is -0.0742. The molecule has 1 aliphatic heterocycles. The fourth-order valence-corrected chi connectivity index (χ4v) is 3.88. The fraction of sp³-hybridized carbons (Fsp3) is 0.533. The summed E-state index contributed by atoms with van der Waals surface area (Å²) in [7, 11) is 0. The van der Waals surface area contributed by atoms with E-state index in [2.05, 4.69) is 15.3 Å². The number of aryl methyl sites for hydroxylation is 2. The second kappa shape index (κ2) is 7.48. The number of carbonyl (C=O) groups excluding carboxylic acids is 1. The van der Waals surface area contributed by atoms with E-state index in [9.17, 15) is 4.79 Å². The third-order valence-corrected chi connectivity index (χ3v) is 5.37. The van der Waals surface area contributed by atoms with Gasteiger partial charge in [-0.2, -0.15) is 0 Å². The molecule has 0 aliphatic carbocycles. The van der Waals surface area contributed by atoms with Crippen LogP contribution in [-0.2, 0) is 16.1 Å². The van der Waals surface area contributed by atoms with Gasteiger partial charge in [0.25, 0.3) is 5.91 Å². The van der Waals surface area contributed by atoms with Gasteiger partial charge in [0.05, 0.1) is 41.2 Å². The number of hydrogen-bond acceptors (Lipinski definition) is 7. The van der Waals surface area contributed by atoms with E-state index in [-0.39, 0.29) is 18.1 Å². The molecule has 1 fully saturated rings. The second-order valence-corrected chi connectivity index (χ2v) is 7.34. The Kier molecular flexibility index (Phi) is 5.37. The molecule has 0 radical (unpaired) electrons. The van der Waals surface area contributed by atoms with Crippen LogP contribution >= 0.6 is 22.7 Å². The molecule has 6 nitrogen and oxygen atoms in total. The van der Waals surface area contributed by atoms with Crippen LogP contribution in [0, 0.1) is 13.8 Å². The Morgan fingerprint density at radius 1 is 1.52 bits per heavy atom. The first-order chi connectivity index (χ1) is 11.1. The van der Waals surface area contributed by atoms with Crippen LogP contribution in [0.4, 0.5) is 0 Å². The molecular formula is C15H19N3O3S2. The van der Waals surface area contributed by atoms with Crippen molar-refractivity contribution in [1.82, 2.24) is 15.3 Å². The predicted octanol–water partition coefficient (Wildman–Crippen LogP) is 2.32. The Morgan fingerprint density at radius 3 is 3.09 bits per heavy atom. The highest BCUT2D eigenvalue weighted by Gasteiger charge is 2.29. The quantitative estimate of drug-likeness (QED) is 0.893. The van der Waals surface area contributed by atoms with Gasteiger partial charge in [0.1, 0.15) is 11.0 Å². The van der Waals surface area contributed by atoms with Crippen LogP contribution in [0.5, 0.6) is 0 Å². The van der Waals surface area contributed by atoms with Gasteiger partial charge in [0.2, 0.25) is 0 Å². The summed E-state index contributed by atoms with van der Waals surface area (Å²) in [4.78, 5) is 21.7. The molecule has 23 heavy (non-hydrogen) atoms. The van der Waals surface area contributed by atoms with Gasteiger partial charge in [0.15, 0.2) is 0 Å². The van der Waals surface area contributed by atoms with Crippen LogP contribution < -0.4 is 5.32 Å². The number of rotatable bonds is 5. The highest BCUT2D eigenvalue weighted by atomic mass is 32.1. The molecule has 2 aromatic rings. The molecule has 3 heterocycles. The zero-order valence-corrected chi connectivity index (χ0v) is 14.7. The van der Waals surface area contributed by atoms with E-state index in [1.165, 1.54) is 11.3 Å². The van der Waals surface area contributed by atoms with Crippen molar-refractivity contribution in [3.63, 3.8) is 0 Å². The van der Waals surface area contributed by atoms with Gasteiger partial charge in [-0.05, 0) is 20.3 Å². The largest absolute Gasteiger partial charge is 0.379 e. The molecule has 0 spiro atoms. The molecule has 1 N–H and O–H groups in total. The Bertz CT molecular complexity index is 657. The van der Waals surface area contributed by atoms with Crippen LogP contribution in [0.25, 0.3) is 0 Å². The maximum Gasteiger partial charge on any atom is 0.263 e. The number of thiazole rings is 2. The summed E-state index contributed by atoms with van der Waals surface area (Å²) in [5, 5.41) is 5.94. The van der Waals surface area contributed by atoms with Gasteiger partial charge >= 0.3 is 0 Å². The maximum atomic E-state index is 12.5. The first-order valence-electron chi connectivity index (χ1n) is 7.45. The maximum absolute atomic E-state index is 12.5. The molecule has 0 bridgehead atoms. The standard InChI is InChI=1S/C15H19N3O3S2/c1-9-14(23-10(2)17-9)15(19)18-12-3-4-20-6-13(12)21-5-11-7-22-8-16-11/h7-8,12-13H,3-6H2,1-2H3,(H,18,19)/t12-,13-/m1/s1. The third kappa shape index (κ3) is 4.14. The van der Waals surface area contributed by atoms with Crippen LogP contribution in [-0.4, -0.2) is 41.2 Å². The molecule has 0 unspecified atom stereocenters. The average molecular weight is 353 g/mol. The summed E-state index contributed by atoms with van der Waals surface area (Å²) in [6, 6.07) is -0.0586. The van der Waals surface area contributed by atoms with E-state index in [1.54, 1.807) is 16.8 Å². The SMILES string of the molecule is Cc1nc(C)c(C(=O)N[C@@H]2CCOC[C@H]2OCc2cscn2)s1. The lowest BCUT2D eigenvalue weighted by Gasteiger charge is -2.31. The Balaban J connectivity index is 1.61. The molecule has 1 aliphatic rings. The van der Waals surface area contributed by atoms with Gasteiger partial charge < -0.3 is 14.8 Å². The van der Waals surface area contributed by atoms with Crippen molar-refractivity contribution in [3.05, 3.63) is 32.2 Å². The summed E-state index contributed by atoms with van der Waals surface area (Å²) >= 11 is 2.96. The normalized spacial score (nSPS) is 21.3. The van der Waals surface area contributed by atoms with E-state index in [1.807, 2.05) is 19.2 Å². The molecule has 8 heteroatoms. The molecular weight excluding hydrogens is 334 g/mol. The number of aromatic nitrogens is 2. The topological polar surface area (TPSA) is 73.3 Å². The zero-order valence-electron chi connectivity index (χ0n) is 13.1. The lowest BCUT2D eigenvalue weighted by Crippen LogP contribution is -2.49. The van der Waals surface area contributed by atoms with Crippen LogP contribution in [0.1, 0.15) is 32.5 Å². The number of amides is 1. The minimum atomic E-state index is -0.163. The second-order valence-electron chi connectivity index (χ2n) is 5.42. The van der Waals surface area contributed by atoms with Crippen molar-refractivity contribution in [2.45, 2.75) is 39.0 Å². The average Bonchev–Trinajstić information content (AvgIpc) is 3.15. The number of nitrogens with one attached hydrogen (secondary N) is 1. The van der Waals surface area contributed by atoms with Gasteiger partial charge in [-0.25, -0.2) is 9.97 Å². The Hall–Kier alpha value is -1.35. The number of ether oxygens (including phenoxy) is 2. The van der Waals surface area contributed by atoms with Crippen molar-refractivity contribution in [2.24, 2.45) is 0 Å². The van der Waals surface area contributed by atoms with Crippen molar-refractivity contribution in [3.8, 4) is 0 Å². The van der Waals surface area contributed by atoms with Crippen molar-refractivity contribution >= 4 is 28.6 Å². The van der Waals surface area contributed by atoms with E-state index in [0.29, 0.717) is 24.7 Å². The Labute approximate surface area is 142 Å². The molecule has 1 saturated heterocycles. The monoisotopic (exact) mass is 353 g/mol. The fourth-order valence-electron chi connectivity index (χ4n) is 2.52. The summed E-state index contributed by atoms with van der Waals surface area (Å²) in [5.74, 6) is -0.0812. The van der Waals surface area contributed by atoms with Crippen molar-refractivity contribution in [1.29, 1.82) is 0 Å². The molecule has 0 saturated carbocycles. The molecule has 1 amide bonds. The summed E-state index contributed by atoms with van der Waals surface area (Å²) in [6.07, 6.45) is 0.577. The van der Waals surface area contributed by atoms with E-state index in [4.69, 9.17) is 9.47 Å². The van der Waals surface area contributed by atoms with Gasteiger partial charge in [-0.1, -0.05) is 0 Å². The number of carbonyl (C=O) groups is 1. The third-order valence-electron chi connectivity index (χ3n) is 3.66. The summed E-state index contributed by atoms with van der Waals surface area (Å²) in [5.41, 5.74) is 3.46. The number of hydrogen-bond donors (Lipinski definition) is 1. The minimum Gasteiger partial charge on any atom is -0.379 e. The van der Waals surface area contributed by atoms with Crippen molar-refractivity contribution in [2.75, 3.05) is 13.2 Å². The van der Waals surface area contributed by atoms with Crippen LogP contribution in [0.3, 0.4) is 0 Å². The van der Waals surface area contributed by atoms with Crippen molar-refractivity contribution < 1.29 is 14.3 Å². The Morgan fingerprint density at radius 2 is 2.39 bits per heavy atom. The zero-order chi connectivity index (χ0) is 16.2. The smallest absolute Gasteiger partial charge is 0.263 e. The minimum absolute atomic E-state index is 0.0586. The highest BCUT2D eigenvalue weighted by molar-refractivity contribution is 7.13. The molecule has 0 aromatic carbocycles. The highest BCUT2D eigenvalue weighted by Crippen LogP contribution is 2.19. The molecule has 124 valence electrons. The van der Waals surface area contributed by atoms with Crippen LogP contribution in [0.2, 0.25) is 0 Å². The van der Waals surface area contributed by atoms with E-state index < -0.39 is 0 Å². The molecule has 3 rings (SSSR count). The van der Waals surface area contributed by atoms with Gasteiger partial charge in [-0.3, -0.25) is 4.79 Å². The van der Waals surface area contributed by atoms with Gasteiger partial charge in [-0.15, -0.1) is 22.7 Å². The van der Waals surface area contributed by atoms with E-state index in [0.717, 1.165) is 22.8 Å². The number of nitrogens with zero attached hydrogens (tertiary/aromatic N) is 2. The summed E-state index contributed by atoms with van der Waals surface area (Å²) in [6.45, 7) is 5.31. The predicted molar refractivity (Wildman–Crippen MR) is 89.0 cm³/mol. The van der Waals surface area contributed by atoms with Gasteiger partial charge in [0, 0.05) is 12.0 Å². The molecule has 2 aromatic heterocycles. The van der Waals surface area contributed by atoms with Crippen LogP contribution in [0.15, 0.2) is 10.9 Å². The summed E-state index contributed by atoms with van der Waals surface area (Å²) < 4.78 is 11.4. The first kappa shape index (κ1) is 16.5. The van der Waals surface area contributed by atoms with E-state index >= 15 is 0 Å². The molecule has 2 atom stereocenters.